The van der Waals surface area contributed by atoms with Crippen LogP contribution >= 0.6 is 0 Å². The van der Waals surface area contributed by atoms with Crippen LogP contribution in [0.25, 0.3) is 22.2 Å². The van der Waals surface area contributed by atoms with Crippen molar-refractivity contribution < 1.29 is 0 Å². The van der Waals surface area contributed by atoms with Gasteiger partial charge >= 0.3 is 0 Å². The highest BCUT2D eigenvalue weighted by molar-refractivity contribution is 5.89. The Morgan fingerprint density at radius 1 is 0.780 bits per heavy atom. The number of aryl methyl sites for hydroxylation is 3. The molecule has 0 atom stereocenters. The van der Waals surface area contributed by atoms with Crippen molar-refractivity contribution in [1.29, 1.82) is 0 Å². The molecule has 3 nitrogen and oxygen atoms in total. The zero-order valence-corrected chi connectivity index (χ0v) is 26.0. The Balaban J connectivity index is 0.000000505. The molecule has 0 aliphatic heterocycles. The lowest BCUT2D eigenvalue weighted by atomic mass is 9.96. The summed E-state index contributed by atoms with van der Waals surface area (Å²) in [6.45, 7) is 20.7. The molecule has 0 aliphatic carbocycles. The van der Waals surface area contributed by atoms with Crippen molar-refractivity contribution in [2.75, 3.05) is 7.05 Å². The molecule has 0 fully saturated rings. The van der Waals surface area contributed by atoms with Gasteiger partial charge in [0.25, 0.3) is 0 Å². The maximum Gasteiger partial charge on any atom is 0.0607 e. The molecule has 5 aromatic rings. The van der Waals surface area contributed by atoms with E-state index in [1.165, 1.54) is 47.7 Å². The molecule has 0 saturated carbocycles. The van der Waals surface area contributed by atoms with E-state index in [9.17, 15) is 0 Å². The molecule has 0 aliphatic rings. The number of rotatable bonds is 6. The van der Waals surface area contributed by atoms with Gasteiger partial charge in [0.05, 0.1) is 5.69 Å². The van der Waals surface area contributed by atoms with E-state index in [1.54, 1.807) is 0 Å². The Labute approximate surface area is 249 Å². The molecule has 41 heavy (non-hydrogen) atoms. The van der Waals surface area contributed by atoms with Crippen molar-refractivity contribution in [3.05, 3.63) is 151 Å². The van der Waals surface area contributed by atoms with Crippen LogP contribution in [-0.2, 0) is 6.42 Å². The monoisotopic (exact) mass is 547 g/mol. The third kappa shape index (κ3) is 10.4. The third-order valence-electron chi connectivity index (χ3n) is 6.20. The second-order valence-corrected chi connectivity index (χ2v) is 8.97. The van der Waals surface area contributed by atoms with Gasteiger partial charge in [0.2, 0.25) is 0 Å². The first-order chi connectivity index (χ1) is 20.1. The van der Waals surface area contributed by atoms with Gasteiger partial charge in [-0.1, -0.05) is 101 Å². The number of nitrogens with two attached hydrogens (primary N) is 1. The number of pyridine rings is 2. The first kappa shape index (κ1) is 34.8. The van der Waals surface area contributed by atoms with Gasteiger partial charge in [0.1, 0.15) is 0 Å². The van der Waals surface area contributed by atoms with Gasteiger partial charge < -0.3 is 10.1 Å². The van der Waals surface area contributed by atoms with Crippen molar-refractivity contribution in [2.24, 2.45) is 5.73 Å². The number of hydrogen-bond acceptors (Lipinski definition) is 2. The van der Waals surface area contributed by atoms with Gasteiger partial charge in [0, 0.05) is 28.7 Å². The Bertz CT molecular complexity index is 1400. The highest BCUT2D eigenvalue weighted by Crippen LogP contribution is 2.34. The predicted octanol–water partition coefficient (Wildman–Crippen LogP) is 10.1. The second-order valence-electron chi connectivity index (χ2n) is 8.97. The second kappa shape index (κ2) is 19.8. The molecule has 0 spiro atoms. The Kier molecular flexibility index (Phi) is 16.8. The fourth-order valence-electron chi connectivity index (χ4n) is 4.34. The van der Waals surface area contributed by atoms with Gasteiger partial charge in [-0.3, -0.25) is 4.98 Å². The van der Waals surface area contributed by atoms with Gasteiger partial charge in [-0.25, -0.2) is 0 Å². The first-order valence-electron chi connectivity index (χ1n) is 14.5. The molecular weight excluding hydrogens is 498 g/mol. The maximum atomic E-state index is 4.50. The molecule has 0 saturated heterocycles. The summed E-state index contributed by atoms with van der Waals surface area (Å²) in [6, 6.07) is 34.0. The lowest BCUT2D eigenvalue weighted by Crippen LogP contribution is -1.95. The zero-order valence-electron chi connectivity index (χ0n) is 26.0. The minimum absolute atomic E-state index is 1.06. The number of nitrogens with zero attached hydrogens (tertiary/aromatic N) is 2. The lowest BCUT2D eigenvalue weighted by Gasteiger charge is -2.12. The fourth-order valence-corrected chi connectivity index (χ4v) is 4.34. The molecule has 0 amide bonds. The average molecular weight is 548 g/mol. The van der Waals surface area contributed by atoms with E-state index in [0.717, 1.165) is 29.1 Å². The third-order valence-corrected chi connectivity index (χ3v) is 6.20. The van der Waals surface area contributed by atoms with E-state index in [-0.39, 0.29) is 0 Å². The standard InChI is InChI=1S/C26H25N.C7H9N.C2H6.C2H4.CH5N/c1-3-4-10-21-14-16-22(17-15-21)20(2)26-25(23-11-6-5-7-12-23)19-24-13-8-9-18-27(24)26;1-6-4-3-5-7(2)8-6;3*1-2/h5-9,11-19H,2-4,10H2,1H3;3-5H,1-2H3;1-2H3;1-2H2;2H2,1H3. The predicted molar refractivity (Wildman–Crippen MR) is 182 cm³/mol. The normalized spacial score (nSPS) is 9.44. The van der Waals surface area contributed by atoms with Gasteiger partial charge in [-0.2, -0.15) is 0 Å². The van der Waals surface area contributed by atoms with Gasteiger partial charge in [-0.05, 0) is 86.3 Å². The summed E-state index contributed by atoms with van der Waals surface area (Å²) in [6.07, 6.45) is 5.73. The van der Waals surface area contributed by atoms with Crippen molar-refractivity contribution >= 4 is 11.1 Å². The van der Waals surface area contributed by atoms with Crippen molar-refractivity contribution in [2.45, 2.75) is 53.9 Å². The summed E-state index contributed by atoms with van der Waals surface area (Å²) in [4.78, 5) is 4.17. The van der Waals surface area contributed by atoms with Crippen LogP contribution in [0, 0.1) is 13.8 Å². The minimum atomic E-state index is 1.06. The molecule has 0 radical (unpaired) electrons. The molecule has 3 heteroatoms. The highest BCUT2D eigenvalue weighted by Gasteiger charge is 2.15. The van der Waals surface area contributed by atoms with Crippen molar-refractivity contribution in [3.8, 4) is 11.1 Å². The molecule has 3 heterocycles. The molecule has 2 aromatic carbocycles. The van der Waals surface area contributed by atoms with E-state index in [0.29, 0.717) is 0 Å². The summed E-state index contributed by atoms with van der Waals surface area (Å²) < 4.78 is 2.25. The van der Waals surface area contributed by atoms with E-state index < -0.39 is 0 Å². The summed E-state index contributed by atoms with van der Waals surface area (Å²) in [5.74, 6) is 0. The van der Waals surface area contributed by atoms with E-state index in [2.05, 4.69) is 127 Å². The number of unbranched alkanes of at least 4 members (excludes halogenated alkanes) is 1. The highest BCUT2D eigenvalue weighted by atomic mass is 14.9. The van der Waals surface area contributed by atoms with Crippen LogP contribution < -0.4 is 5.73 Å². The number of benzene rings is 2. The van der Waals surface area contributed by atoms with Gasteiger partial charge in [0.15, 0.2) is 0 Å². The number of hydrogen-bond donors (Lipinski definition) is 1. The summed E-state index contributed by atoms with van der Waals surface area (Å²) in [7, 11) is 1.50. The quantitative estimate of drug-likeness (QED) is 0.215. The summed E-state index contributed by atoms with van der Waals surface area (Å²) in [5.41, 5.74) is 15.1. The summed E-state index contributed by atoms with van der Waals surface area (Å²) in [5, 5.41) is 0. The van der Waals surface area contributed by atoms with Crippen LogP contribution in [0.3, 0.4) is 0 Å². The molecular formula is C38H49N3. The average Bonchev–Trinajstić information content (AvgIpc) is 3.43. The summed E-state index contributed by atoms with van der Waals surface area (Å²) >= 11 is 0. The van der Waals surface area contributed by atoms with Crippen LogP contribution in [0.1, 0.15) is 61.8 Å². The van der Waals surface area contributed by atoms with E-state index >= 15 is 0 Å². The molecule has 0 unspecified atom stereocenters. The molecule has 0 bridgehead atoms. The van der Waals surface area contributed by atoms with Crippen LogP contribution in [0.5, 0.6) is 0 Å². The maximum absolute atomic E-state index is 4.50. The Morgan fingerprint density at radius 2 is 1.37 bits per heavy atom. The van der Waals surface area contributed by atoms with E-state index in [4.69, 9.17) is 0 Å². The molecule has 2 N–H and O–H groups in total. The fraction of sp³-hybridized carbons (Fsp3) is 0.237. The number of fused-ring (bicyclic) bond motifs is 1. The van der Waals surface area contributed by atoms with Crippen molar-refractivity contribution in [3.63, 3.8) is 0 Å². The number of aromatic nitrogens is 2. The Morgan fingerprint density at radius 3 is 1.90 bits per heavy atom. The SMILES string of the molecule is C=C.C=C(c1ccc(CCCC)cc1)c1c(-c2ccccc2)cc2ccccn12.CC.CN.Cc1cccc(C)n1. The largest absolute Gasteiger partial charge is 0.333 e. The van der Waals surface area contributed by atoms with Gasteiger partial charge in [-0.15, -0.1) is 13.2 Å². The van der Waals surface area contributed by atoms with Crippen LogP contribution in [-0.4, -0.2) is 16.4 Å². The van der Waals surface area contributed by atoms with Crippen molar-refractivity contribution in [1.82, 2.24) is 9.38 Å². The minimum Gasteiger partial charge on any atom is -0.333 e. The molecule has 3 aromatic heterocycles. The zero-order chi connectivity index (χ0) is 30.6. The van der Waals surface area contributed by atoms with Crippen LogP contribution in [0.2, 0.25) is 0 Å². The first-order valence-corrected chi connectivity index (χ1v) is 14.5. The van der Waals surface area contributed by atoms with Crippen LogP contribution in [0.4, 0.5) is 0 Å². The van der Waals surface area contributed by atoms with Crippen LogP contribution in [0.15, 0.2) is 123 Å². The Hall–Kier alpha value is -4.21. The lowest BCUT2D eigenvalue weighted by molar-refractivity contribution is 0.795. The molecule has 216 valence electrons. The van der Waals surface area contributed by atoms with E-state index in [1.807, 2.05) is 45.9 Å². The smallest absolute Gasteiger partial charge is 0.0607 e. The molecule has 5 rings (SSSR count). The topological polar surface area (TPSA) is 43.3 Å².